The molecule has 4 heteroatoms. The summed E-state index contributed by atoms with van der Waals surface area (Å²) in [5.74, 6) is 0. The smallest absolute Gasteiger partial charge is 0.122 e. The molecule has 2 unspecified atom stereocenters. The van der Waals surface area contributed by atoms with E-state index in [2.05, 4.69) is 10.3 Å². The predicted molar refractivity (Wildman–Crippen MR) is 53.7 cm³/mol. The lowest BCUT2D eigenvalue weighted by molar-refractivity contribution is 0.0115. The third kappa shape index (κ3) is 3.06. The number of aromatic nitrogens is 1. The Bertz CT molecular complexity index is 254. The van der Waals surface area contributed by atoms with Crippen LogP contribution in [0.15, 0.2) is 24.4 Å². The zero-order chi connectivity index (χ0) is 10.4. The normalized spacial score (nSPS) is 15.1. The predicted octanol–water partition coefficient (Wildman–Crippen LogP) is 0.0854. The van der Waals surface area contributed by atoms with Gasteiger partial charge in [0.25, 0.3) is 0 Å². The Morgan fingerprint density at radius 1 is 1.43 bits per heavy atom. The summed E-state index contributed by atoms with van der Waals surface area (Å²) in [4.78, 5) is 3.98. The molecule has 0 aliphatic rings. The van der Waals surface area contributed by atoms with Crippen LogP contribution in [0.4, 0.5) is 0 Å². The van der Waals surface area contributed by atoms with Gasteiger partial charge in [0.2, 0.25) is 0 Å². The molecule has 2 atom stereocenters. The van der Waals surface area contributed by atoms with Gasteiger partial charge < -0.3 is 15.5 Å². The van der Waals surface area contributed by atoms with E-state index >= 15 is 0 Å². The number of aliphatic hydroxyl groups excluding tert-OH is 2. The highest BCUT2D eigenvalue weighted by atomic mass is 16.3. The first kappa shape index (κ1) is 11.1. The summed E-state index contributed by atoms with van der Waals surface area (Å²) < 4.78 is 0. The molecule has 0 radical (unpaired) electrons. The number of nitrogens with one attached hydrogen (secondary N) is 1. The Kier molecular flexibility index (Phi) is 4.52. The molecule has 1 rings (SSSR count). The molecule has 1 heterocycles. The van der Waals surface area contributed by atoms with Gasteiger partial charge in [0.1, 0.15) is 6.10 Å². The molecule has 0 aliphatic carbocycles. The zero-order valence-electron chi connectivity index (χ0n) is 8.22. The van der Waals surface area contributed by atoms with Gasteiger partial charge in [-0.1, -0.05) is 6.07 Å². The van der Waals surface area contributed by atoms with Crippen molar-refractivity contribution in [2.75, 3.05) is 13.6 Å². The molecular weight excluding hydrogens is 180 g/mol. The first-order chi connectivity index (χ1) is 6.75. The van der Waals surface area contributed by atoms with Crippen molar-refractivity contribution in [1.82, 2.24) is 10.3 Å². The summed E-state index contributed by atoms with van der Waals surface area (Å²) in [5, 5.41) is 22.2. The fraction of sp³-hybridized carbons (Fsp3) is 0.500. The number of hydrogen-bond acceptors (Lipinski definition) is 4. The number of aliphatic hydroxyl groups is 2. The van der Waals surface area contributed by atoms with Crippen LogP contribution < -0.4 is 5.32 Å². The van der Waals surface area contributed by atoms with Crippen molar-refractivity contribution in [3.8, 4) is 0 Å². The van der Waals surface area contributed by atoms with E-state index < -0.39 is 12.2 Å². The van der Waals surface area contributed by atoms with Gasteiger partial charge in [-0.2, -0.15) is 0 Å². The Balaban J connectivity index is 2.52. The fourth-order valence-corrected chi connectivity index (χ4v) is 1.20. The summed E-state index contributed by atoms with van der Waals surface area (Å²) in [6.07, 6.45) is 0.444. The van der Waals surface area contributed by atoms with Gasteiger partial charge in [-0.05, 0) is 32.1 Å². The lowest BCUT2D eigenvalue weighted by Gasteiger charge is -2.16. The maximum atomic E-state index is 9.68. The van der Waals surface area contributed by atoms with Crippen LogP contribution >= 0.6 is 0 Å². The maximum absolute atomic E-state index is 9.68. The molecule has 0 fully saturated rings. The van der Waals surface area contributed by atoms with Gasteiger partial charge in [-0.25, -0.2) is 0 Å². The van der Waals surface area contributed by atoms with Crippen molar-refractivity contribution in [3.63, 3.8) is 0 Å². The molecular formula is C10H16N2O2. The SMILES string of the molecule is CNCCC(O)C(O)c1ccccn1. The molecule has 0 spiro atoms. The van der Waals surface area contributed by atoms with E-state index in [1.807, 2.05) is 0 Å². The average molecular weight is 196 g/mol. The maximum Gasteiger partial charge on any atom is 0.122 e. The van der Waals surface area contributed by atoms with Crippen LogP contribution in [0.1, 0.15) is 18.2 Å². The van der Waals surface area contributed by atoms with Crippen LogP contribution in [-0.2, 0) is 0 Å². The van der Waals surface area contributed by atoms with Crippen molar-refractivity contribution in [3.05, 3.63) is 30.1 Å². The number of rotatable bonds is 5. The quantitative estimate of drug-likeness (QED) is 0.624. The van der Waals surface area contributed by atoms with E-state index in [9.17, 15) is 10.2 Å². The molecule has 0 saturated carbocycles. The number of nitrogens with zero attached hydrogens (tertiary/aromatic N) is 1. The zero-order valence-corrected chi connectivity index (χ0v) is 8.22. The summed E-state index contributed by atoms with van der Waals surface area (Å²) in [7, 11) is 1.81. The molecule has 0 aliphatic heterocycles. The van der Waals surface area contributed by atoms with Crippen LogP contribution in [-0.4, -0.2) is 34.9 Å². The van der Waals surface area contributed by atoms with E-state index in [0.717, 1.165) is 0 Å². The highest BCUT2D eigenvalue weighted by Gasteiger charge is 2.18. The van der Waals surface area contributed by atoms with Gasteiger partial charge in [-0.3, -0.25) is 4.98 Å². The second-order valence-electron chi connectivity index (χ2n) is 3.16. The molecule has 14 heavy (non-hydrogen) atoms. The second-order valence-corrected chi connectivity index (χ2v) is 3.16. The van der Waals surface area contributed by atoms with Crippen molar-refractivity contribution in [2.45, 2.75) is 18.6 Å². The molecule has 78 valence electrons. The van der Waals surface area contributed by atoms with Crippen LogP contribution in [0, 0.1) is 0 Å². The van der Waals surface area contributed by atoms with Crippen molar-refractivity contribution in [2.24, 2.45) is 0 Å². The van der Waals surface area contributed by atoms with Gasteiger partial charge >= 0.3 is 0 Å². The number of hydrogen-bond donors (Lipinski definition) is 3. The standard InChI is InChI=1S/C10H16N2O2/c1-11-7-5-9(13)10(14)8-4-2-3-6-12-8/h2-4,6,9-11,13-14H,5,7H2,1H3. The Morgan fingerprint density at radius 3 is 2.79 bits per heavy atom. The van der Waals surface area contributed by atoms with Crippen LogP contribution in [0.2, 0.25) is 0 Å². The molecule has 1 aromatic rings. The summed E-state index contributed by atoms with van der Waals surface area (Å²) in [6.45, 7) is 0.672. The highest BCUT2D eigenvalue weighted by Crippen LogP contribution is 2.15. The van der Waals surface area contributed by atoms with Gasteiger partial charge in [-0.15, -0.1) is 0 Å². The molecule has 1 aromatic heterocycles. The largest absolute Gasteiger partial charge is 0.390 e. The average Bonchev–Trinajstić information content (AvgIpc) is 2.26. The molecule has 0 amide bonds. The first-order valence-electron chi connectivity index (χ1n) is 4.67. The van der Waals surface area contributed by atoms with E-state index in [4.69, 9.17) is 0 Å². The van der Waals surface area contributed by atoms with E-state index in [1.54, 1.807) is 31.4 Å². The van der Waals surface area contributed by atoms with Gasteiger partial charge in [0, 0.05) is 6.20 Å². The molecule has 4 nitrogen and oxygen atoms in total. The first-order valence-corrected chi connectivity index (χ1v) is 4.67. The minimum absolute atomic E-state index is 0.508. The van der Waals surface area contributed by atoms with E-state index in [1.165, 1.54) is 0 Å². The van der Waals surface area contributed by atoms with Gasteiger partial charge in [0.15, 0.2) is 0 Å². The summed E-state index contributed by atoms with van der Waals surface area (Å²) in [6, 6.07) is 5.26. The third-order valence-electron chi connectivity index (χ3n) is 2.05. The Hall–Kier alpha value is -0.970. The van der Waals surface area contributed by atoms with Crippen LogP contribution in [0.5, 0.6) is 0 Å². The summed E-state index contributed by atoms with van der Waals surface area (Å²) in [5.41, 5.74) is 0.510. The molecule has 0 aromatic carbocycles. The highest BCUT2D eigenvalue weighted by molar-refractivity contribution is 5.07. The second kappa shape index (κ2) is 5.70. The Labute approximate surface area is 83.6 Å². The minimum Gasteiger partial charge on any atom is -0.390 e. The number of pyridine rings is 1. The van der Waals surface area contributed by atoms with Crippen molar-refractivity contribution < 1.29 is 10.2 Å². The monoisotopic (exact) mass is 196 g/mol. The van der Waals surface area contributed by atoms with Crippen LogP contribution in [0.25, 0.3) is 0 Å². The Morgan fingerprint density at radius 2 is 2.21 bits per heavy atom. The lowest BCUT2D eigenvalue weighted by Crippen LogP contribution is -2.23. The fourth-order valence-electron chi connectivity index (χ4n) is 1.20. The topological polar surface area (TPSA) is 65.4 Å². The van der Waals surface area contributed by atoms with Gasteiger partial charge in [0.05, 0.1) is 11.8 Å². The minimum atomic E-state index is -0.899. The third-order valence-corrected chi connectivity index (χ3v) is 2.05. The lowest BCUT2D eigenvalue weighted by atomic mass is 10.1. The van der Waals surface area contributed by atoms with E-state index in [0.29, 0.717) is 18.7 Å². The molecule has 0 bridgehead atoms. The summed E-state index contributed by atoms with van der Waals surface area (Å²) >= 11 is 0. The van der Waals surface area contributed by atoms with Crippen molar-refractivity contribution >= 4 is 0 Å². The van der Waals surface area contributed by atoms with Crippen LogP contribution in [0.3, 0.4) is 0 Å². The molecule has 3 N–H and O–H groups in total. The van der Waals surface area contributed by atoms with E-state index in [-0.39, 0.29) is 0 Å². The van der Waals surface area contributed by atoms with Crippen molar-refractivity contribution in [1.29, 1.82) is 0 Å². The molecule has 0 saturated heterocycles.